The Morgan fingerprint density at radius 3 is 1.92 bits per heavy atom. The van der Waals surface area contributed by atoms with E-state index in [1.165, 1.54) is 0 Å². The minimum Gasteiger partial charge on any atom is -0.373 e. The van der Waals surface area contributed by atoms with Gasteiger partial charge < -0.3 is 24.7 Å². The van der Waals surface area contributed by atoms with Gasteiger partial charge in [0.1, 0.15) is 12.2 Å². The number of ether oxygens (including phenoxy) is 4. The number of rotatable bonds is 7. The summed E-state index contributed by atoms with van der Waals surface area (Å²) >= 11 is 0. The summed E-state index contributed by atoms with van der Waals surface area (Å²) < 4.78 is 23.7. The van der Waals surface area contributed by atoms with Crippen LogP contribution in [0.25, 0.3) is 0 Å². The number of benzene rings is 2. The van der Waals surface area contributed by atoms with Crippen LogP contribution < -0.4 is 5.73 Å². The molecule has 1 saturated heterocycles. The molecule has 0 bridgehead atoms. The van der Waals surface area contributed by atoms with Crippen LogP contribution >= 0.6 is 0 Å². The van der Waals surface area contributed by atoms with Crippen LogP contribution in [0.4, 0.5) is 0 Å². The molecule has 0 spiro atoms. The monoisotopic (exact) mass is 357 g/mol. The second-order valence-electron chi connectivity index (χ2n) is 6.55. The lowest BCUT2D eigenvalue weighted by atomic mass is 9.97. The number of hydrogen-bond donors (Lipinski definition) is 1. The van der Waals surface area contributed by atoms with Crippen molar-refractivity contribution >= 4 is 0 Å². The molecule has 1 aliphatic rings. The van der Waals surface area contributed by atoms with Crippen LogP contribution in [0.1, 0.15) is 18.1 Å². The Morgan fingerprint density at radius 1 is 0.846 bits per heavy atom. The second kappa shape index (κ2) is 9.26. The van der Waals surface area contributed by atoms with E-state index in [1.54, 1.807) is 7.11 Å². The first-order valence-corrected chi connectivity index (χ1v) is 8.94. The van der Waals surface area contributed by atoms with E-state index in [4.69, 9.17) is 24.7 Å². The normalized spacial score (nSPS) is 28.8. The van der Waals surface area contributed by atoms with Gasteiger partial charge in [-0.15, -0.1) is 0 Å². The SMILES string of the molecule is COC1C(OCc2ccccc2)[C@H](N)C(C)O[C@H]1OCc1ccccc1. The maximum absolute atomic E-state index is 6.34. The Balaban J connectivity index is 1.66. The summed E-state index contributed by atoms with van der Waals surface area (Å²) in [6.45, 7) is 2.85. The highest BCUT2D eigenvalue weighted by Gasteiger charge is 2.44. The van der Waals surface area contributed by atoms with Gasteiger partial charge in [-0.2, -0.15) is 0 Å². The molecule has 1 fully saturated rings. The van der Waals surface area contributed by atoms with E-state index in [2.05, 4.69) is 0 Å². The number of methoxy groups -OCH3 is 1. The van der Waals surface area contributed by atoms with Gasteiger partial charge in [-0.1, -0.05) is 60.7 Å². The maximum atomic E-state index is 6.34. The maximum Gasteiger partial charge on any atom is 0.187 e. The van der Waals surface area contributed by atoms with Crippen molar-refractivity contribution in [1.29, 1.82) is 0 Å². The molecule has 5 nitrogen and oxygen atoms in total. The van der Waals surface area contributed by atoms with E-state index in [0.717, 1.165) is 11.1 Å². The number of nitrogens with two attached hydrogens (primary N) is 1. The fourth-order valence-corrected chi connectivity index (χ4v) is 3.13. The first-order chi connectivity index (χ1) is 12.7. The predicted molar refractivity (Wildman–Crippen MR) is 99.4 cm³/mol. The van der Waals surface area contributed by atoms with Gasteiger partial charge in [0.15, 0.2) is 6.29 Å². The van der Waals surface area contributed by atoms with Gasteiger partial charge >= 0.3 is 0 Å². The Morgan fingerprint density at radius 2 is 1.38 bits per heavy atom. The molecule has 2 aromatic carbocycles. The smallest absolute Gasteiger partial charge is 0.187 e. The summed E-state index contributed by atoms with van der Waals surface area (Å²) in [4.78, 5) is 0. The van der Waals surface area contributed by atoms with Crippen LogP contribution in [0.15, 0.2) is 60.7 Å². The zero-order chi connectivity index (χ0) is 18.4. The van der Waals surface area contributed by atoms with Crippen molar-refractivity contribution in [3.05, 3.63) is 71.8 Å². The highest BCUT2D eigenvalue weighted by atomic mass is 16.7. The molecular weight excluding hydrogens is 330 g/mol. The van der Waals surface area contributed by atoms with Gasteiger partial charge in [0.05, 0.1) is 25.4 Å². The summed E-state index contributed by atoms with van der Waals surface area (Å²) in [5.74, 6) is 0. The largest absolute Gasteiger partial charge is 0.373 e. The van der Waals surface area contributed by atoms with Crippen molar-refractivity contribution in [2.45, 2.75) is 50.8 Å². The van der Waals surface area contributed by atoms with Crippen LogP contribution in [0.3, 0.4) is 0 Å². The summed E-state index contributed by atoms with van der Waals surface area (Å²) in [5, 5.41) is 0. The van der Waals surface area contributed by atoms with Crippen LogP contribution in [-0.4, -0.2) is 37.8 Å². The van der Waals surface area contributed by atoms with Crippen LogP contribution in [0.2, 0.25) is 0 Å². The molecule has 2 aromatic rings. The second-order valence-corrected chi connectivity index (χ2v) is 6.55. The highest BCUT2D eigenvalue weighted by Crippen LogP contribution is 2.26. The fraction of sp³-hybridized carbons (Fsp3) is 0.429. The van der Waals surface area contributed by atoms with E-state index in [1.807, 2.05) is 67.6 Å². The number of hydrogen-bond acceptors (Lipinski definition) is 5. The topological polar surface area (TPSA) is 62.9 Å². The van der Waals surface area contributed by atoms with Crippen molar-refractivity contribution in [2.24, 2.45) is 5.73 Å². The first-order valence-electron chi connectivity index (χ1n) is 8.94. The van der Waals surface area contributed by atoms with Crippen LogP contribution in [0.5, 0.6) is 0 Å². The molecule has 0 saturated carbocycles. The lowest BCUT2D eigenvalue weighted by Gasteiger charge is -2.43. The third kappa shape index (κ3) is 4.69. The quantitative estimate of drug-likeness (QED) is 0.826. The van der Waals surface area contributed by atoms with Crippen LogP contribution in [0, 0.1) is 0 Å². The Bertz CT molecular complexity index is 652. The van der Waals surface area contributed by atoms with Crippen molar-refractivity contribution in [3.63, 3.8) is 0 Å². The molecule has 0 radical (unpaired) electrons. The molecular formula is C21H27NO4. The van der Waals surface area contributed by atoms with Crippen molar-refractivity contribution in [1.82, 2.24) is 0 Å². The Labute approximate surface area is 155 Å². The molecule has 26 heavy (non-hydrogen) atoms. The lowest BCUT2D eigenvalue weighted by molar-refractivity contribution is -0.286. The van der Waals surface area contributed by atoms with E-state index in [0.29, 0.717) is 13.2 Å². The summed E-state index contributed by atoms with van der Waals surface area (Å²) in [7, 11) is 1.63. The average molecular weight is 357 g/mol. The van der Waals surface area contributed by atoms with E-state index < -0.39 is 12.4 Å². The lowest BCUT2D eigenvalue weighted by Crippen LogP contribution is -2.62. The van der Waals surface area contributed by atoms with Crippen LogP contribution in [-0.2, 0) is 32.2 Å². The third-order valence-electron chi connectivity index (χ3n) is 4.68. The molecule has 0 aromatic heterocycles. The molecule has 1 heterocycles. The van der Waals surface area contributed by atoms with Crippen molar-refractivity contribution in [3.8, 4) is 0 Å². The van der Waals surface area contributed by atoms with Crippen molar-refractivity contribution < 1.29 is 18.9 Å². The minimum absolute atomic E-state index is 0.192. The molecule has 5 atom stereocenters. The van der Waals surface area contributed by atoms with E-state index >= 15 is 0 Å². The van der Waals surface area contributed by atoms with E-state index in [-0.39, 0.29) is 18.2 Å². The van der Waals surface area contributed by atoms with Gasteiger partial charge in [0.25, 0.3) is 0 Å². The Hall–Kier alpha value is -1.76. The Kier molecular flexibility index (Phi) is 6.77. The summed E-state index contributed by atoms with van der Waals surface area (Å²) in [6.07, 6.45) is -1.43. The predicted octanol–water partition coefficient (Wildman–Crippen LogP) is 2.88. The molecule has 1 aliphatic heterocycles. The molecule has 140 valence electrons. The fourth-order valence-electron chi connectivity index (χ4n) is 3.13. The molecule has 0 amide bonds. The van der Waals surface area contributed by atoms with Gasteiger partial charge in [0.2, 0.25) is 0 Å². The standard InChI is InChI=1S/C21H27NO4/c1-15-18(22)19(24-13-16-9-5-3-6-10-16)20(23-2)21(26-15)25-14-17-11-7-4-8-12-17/h3-12,15,18-21H,13-14,22H2,1-2H3/t15?,18-,19?,20?,21-/m1/s1. The van der Waals surface area contributed by atoms with Gasteiger partial charge in [-0.05, 0) is 18.1 Å². The van der Waals surface area contributed by atoms with Gasteiger partial charge in [-0.3, -0.25) is 0 Å². The highest BCUT2D eigenvalue weighted by molar-refractivity contribution is 5.14. The first kappa shape index (κ1) is 19.0. The summed E-state index contributed by atoms with van der Waals surface area (Å²) in [6, 6.07) is 19.7. The minimum atomic E-state index is -0.532. The van der Waals surface area contributed by atoms with E-state index in [9.17, 15) is 0 Å². The summed E-state index contributed by atoms with van der Waals surface area (Å²) in [5.41, 5.74) is 8.51. The van der Waals surface area contributed by atoms with Gasteiger partial charge in [0, 0.05) is 7.11 Å². The average Bonchev–Trinajstić information content (AvgIpc) is 2.69. The molecule has 3 unspecified atom stereocenters. The van der Waals surface area contributed by atoms with Gasteiger partial charge in [-0.25, -0.2) is 0 Å². The zero-order valence-corrected chi connectivity index (χ0v) is 15.3. The molecule has 5 heteroatoms. The van der Waals surface area contributed by atoms with Crippen molar-refractivity contribution in [2.75, 3.05) is 7.11 Å². The zero-order valence-electron chi connectivity index (χ0n) is 15.3. The molecule has 3 rings (SSSR count). The third-order valence-corrected chi connectivity index (χ3v) is 4.68. The molecule has 2 N–H and O–H groups in total. The molecule has 0 aliphatic carbocycles.